The molecule has 0 fully saturated rings. The van der Waals surface area contributed by atoms with E-state index in [0.717, 1.165) is 0 Å². The first-order valence-corrected chi connectivity index (χ1v) is 2.82. The van der Waals surface area contributed by atoms with Crippen LogP contribution in [0.15, 0.2) is 11.5 Å². The maximum absolute atomic E-state index is 10.1. The smallest absolute Gasteiger partial charge is 0.140 e. The highest BCUT2D eigenvalue weighted by Gasteiger charge is 2.23. The standard InChI is InChI=1S/C6H8O3/c7-3-4-1-2-5(8)6(4)9/h3-4,8-9H,1-2H2. The number of aldehydes is 1. The number of aliphatic hydroxyl groups is 2. The molecule has 3 nitrogen and oxygen atoms in total. The Morgan fingerprint density at radius 2 is 2.22 bits per heavy atom. The molecule has 0 saturated heterocycles. The highest BCUT2D eigenvalue weighted by molar-refractivity contribution is 5.59. The molecule has 9 heavy (non-hydrogen) atoms. The Balaban J connectivity index is 2.74. The highest BCUT2D eigenvalue weighted by atomic mass is 16.3. The minimum atomic E-state index is -0.454. The SMILES string of the molecule is O=CC1CCC(O)=C1O. The monoisotopic (exact) mass is 128 g/mol. The van der Waals surface area contributed by atoms with E-state index in [-0.39, 0.29) is 11.5 Å². The van der Waals surface area contributed by atoms with E-state index < -0.39 is 5.92 Å². The van der Waals surface area contributed by atoms with Gasteiger partial charge in [-0.15, -0.1) is 0 Å². The van der Waals surface area contributed by atoms with Gasteiger partial charge in [-0.1, -0.05) is 0 Å². The zero-order valence-corrected chi connectivity index (χ0v) is 4.87. The number of carbonyl (C=O) groups is 1. The summed E-state index contributed by atoms with van der Waals surface area (Å²) in [6, 6.07) is 0. The molecule has 0 spiro atoms. The number of rotatable bonds is 1. The molecule has 1 aliphatic carbocycles. The van der Waals surface area contributed by atoms with Crippen molar-refractivity contribution in [2.45, 2.75) is 12.8 Å². The molecule has 0 aromatic carbocycles. The van der Waals surface area contributed by atoms with Crippen LogP contribution in [0.1, 0.15) is 12.8 Å². The number of hydrogen-bond donors (Lipinski definition) is 2. The minimum Gasteiger partial charge on any atom is -0.509 e. The van der Waals surface area contributed by atoms with Crippen molar-refractivity contribution in [1.29, 1.82) is 0 Å². The van der Waals surface area contributed by atoms with Crippen molar-refractivity contribution in [2.24, 2.45) is 5.92 Å². The number of aliphatic hydroxyl groups excluding tert-OH is 2. The Kier molecular flexibility index (Phi) is 1.42. The van der Waals surface area contributed by atoms with Crippen LogP contribution >= 0.6 is 0 Å². The van der Waals surface area contributed by atoms with Crippen molar-refractivity contribution in [1.82, 2.24) is 0 Å². The molecule has 2 N–H and O–H groups in total. The second-order valence-corrected chi connectivity index (χ2v) is 2.11. The highest BCUT2D eigenvalue weighted by Crippen LogP contribution is 2.26. The first-order valence-electron chi connectivity index (χ1n) is 2.82. The Morgan fingerprint density at radius 1 is 1.56 bits per heavy atom. The summed E-state index contributed by atoms with van der Waals surface area (Å²) in [4.78, 5) is 10.1. The first-order chi connectivity index (χ1) is 4.25. The fraction of sp³-hybridized carbons (Fsp3) is 0.500. The molecule has 0 radical (unpaired) electrons. The second kappa shape index (κ2) is 2.09. The van der Waals surface area contributed by atoms with Gasteiger partial charge in [-0.2, -0.15) is 0 Å². The van der Waals surface area contributed by atoms with Crippen LogP contribution in [0.3, 0.4) is 0 Å². The molecule has 1 unspecified atom stereocenters. The van der Waals surface area contributed by atoms with E-state index in [2.05, 4.69) is 0 Å². The van der Waals surface area contributed by atoms with E-state index in [9.17, 15) is 4.79 Å². The summed E-state index contributed by atoms with van der Waals surface area (Å²) >= 11 is 0. The molecule has 0 heterocycles. The lowest BCUT2D eigenvalue weighted by Crippen LogP contribution is -1.99. The van der Waals surface area contributed by atoms with Gasteiger partial charge in [0.2, 0.25) is 0 Å². The number of hydrogen-bond acceptors (Lipinski definition) is 3. The van der Waals surface area contributed by atoms with Gasteiger partial charge in [0.05, 0.1) is 5.92 Å². The molecule has 0 bridgehead atoms. The number of allylic oxidation sites excluding steroid dienone is 2. The molecule has 0 saturated carbocycles. The molecular formula is C6H8O3. The van der Waals surface area contributed by atoms with Crippen molar-refractivity contribution in [3.05, 3.63) is 11.5 Å². The molecule has 1 atom stereocenters. The molecule has 1 rings (SSSR count). The van der Waals surface area contributed by atoms with E-state index in [1.165, 1.54) is 0 Å². The predicted octanol–water partition coefficient (Wildman–Crippen LogP) is 0.923. The van der Waals surface area contributed by atoms with Gasteiger partial charge in [-0.3, -0.25) is 0 Å². The van der Waals surface area contributed by atoms with E-state index in [1.807, 2.05) is 0 Å². The molecule has 0 aromatic rings. The lowest BCUT2D eigenvalue weighted by Gasteiger charge is -1.96. The maximum atomic E-state index is 10.1. The van der Waals surface area contributed by atoms with Gasteiger partial charge in [0.15, 0.2) is 0 Å². The van der Waals surface area contributed by atoms with Gasteiger partial charge >= 0.3 is 0 Å². The van der Waals surface area contributed by atoms with E-state index in [0.29, 0.717) is 19.1 Å². The predicted molar refractivity (Wildman–Crippen MR) is 31.1 cm³/mol. The normalized spacial score (nSPS) is 26.9. The first kappa shape index (κ1) is 6.13. The summed E-state index contributed by atoms with van der Waals surface area (Å²) in [5.74, 6) is -0.637. The van der Waals surface area contributed by atoms with Crippen molar-refractivity contribution in [3.63, 3.8) is 0 Å². The van der Waals surface area contributed by atoms with Crippen molar-refractivity contribution in [3.8, 4) is 0 Å². The largest absolute Gasteiger partial charge is 0.509 e. The molecular weight excluding hydrogens is 120 g/mol. The van der Waals surface area contributed by atoms with Crippen molar-refractivity contribution in [2.75, 3.05) is 0 Å². The van der Waals surface area contributed by atoms with Gasteiger partial charge in [-0.05, 0) is 6.42 Å². The maximum Gasteiger partial charge on any atom is 0.140 e. The Morgan fingerprint density at radius 3 is 2.44 bits per heavy atom. The molecule has 1 aliphatic rings. The summed E-state index contributed by atoms with van der Waals surface area (Å²) in [5.41, 5.74) is 0. The van der Waals surface area contributed by atoms with Crippen molar-refractivity contribution < 1.29 is 15.0 Å². The topological polar surface area (TPSA) is 57.5 Å². The third kappa shape index (κ3) is 0.896. The van der Waals surface area contributed by atoms with E-state index in [4.69, 9.17) is 10.2 Å². The summed E-state index contributed by atoms with van der Waals surface area (Å²) in [6.07, 6.45) is 1.62. The summed E-state index contributed by atoms with van der Waals surface area (Å²) in [5, 5.41) is 17.6. The fourth-order valence-electron chi connectivity index (χ4n) is 0.904. The quantitative estimate of drug-likeness (QED) is 0.516. The summed E-state index contributed by atoms with van der Waals surface area (Å²) < 4.78 is 0. The van der Waals surface area contributed by atoms with Crippen LogP contribution in [0, 0.1) is 5.92 Å². The average Bonchev–Trinajstić information content (AvgIpc) is 2.15. The lowest BCUT2D eigenvalue weighted by atomic mass is 10.1. The van der Waals surface area contributed by atoms with Crippen LogP contribution < -0.4 is 0 Å². The Bertz CT molecular complexity index is 160. The zero-order valence-electron chi connectivity index (χ0n) is 4.87. The van der Waals surface area contributed by atoms with Gasteiger partial charge in [0.25, 0.3) is 0 Å². The molecule has 0 aromatic heterocycles. The molecule has 50 valence electrons. The van der Waals surface area contributed by atoms with Crippen LogP contribution in [0.2, 0.25) is 0 Å². The van der Waals surface area contributed by atoms with Crippen LogP contribution in [0.25, 0.3) is 0 Å². The van der Waals surface area contributed by atoms with E-state index in [1.54, 1.807) is 0 Å². The summed E-state index contributed by atoms with van der Waals surface area (Å²) in [6.45, 7) is 0. The number of carbonyl (C=O) groups excluding carboxylic acids is 1. The van der Waals surface area contributed by atoms with Crippen LogP contribution in [0.4, 0.5) is 0 Å². The van der Waals surface area contributed by atoms with Crippen LogP contribution in [-0.2, 0) is 4.79 Å². The zero-order chi connectivity index (χ0) is 6.85. The molecule has 0 amide bonds. The Hall–Kier alpha value is -0.990. The average molecular weight is 128 g/mol. The summed E-state index contributed by atoms with van der Waals surface area (Å²) in [7, 11) is 0. The van der Waals surface area contributed by atoms with Crippen molar-refractivity contribution >= 4 is 6.29 Å². The Labute approximate surface area is 52.6 Å². The third-order valence-electron chi connectivity index (χ3n) is 1.50. The second-order valence-electron chi connectivity index (χ2n) is 2.11. The van der Waals surface area contributed by atoms with Gasteiger partial charge in [0.1, 0.15) is 17.8 Å². The van der Waals surface area contributed by atoms with E-state index >= 15 is 0 Å². The molecule has 0 aliphatic heterocycles. The van der Waals surface area contributed by atoms with Gasteiger partial charge < -0.3 is 15.0 Å². The minimum absolute atomic E-state index is 0.0351. The third-order valence-corrected chi connectivity index (χ3v) is 1.50. The van der Waals surface area contributed by atoms with Crippen LogP contribution in [0.5, 0.6) is 0 Å². The lowest BCUT2D eigenvalue weighted by molar-refractivity contribution is -0.110. The van der Waals surface area contributed by atoms with Crippen LogP contribution in [-0.4, -0.2) is 16.5 Å². The van der Waals surface area contributed by atoms with Gasteiger partial charge in [0, 0.05) is 6.42 Å². The molecule has 3 heteroatoms. The fourth-order valence-corrected chi connectivity index (χ4v) is 0.904. The van der Waals surface area contributed by atoms with Gasteiger partial charge in [-0.25, -0.2) is 0 Å².